The minimum Gasteiger partial charge on any atom is -0.475 e. The number of amides is 1. The first-order valence-corrected chi connectivity index (χ1v) is 9.88. The molecule has 0 bridgehead atoms. The Kier molecular flexibility index (Phi) is 5.33. The lowest BCUT2D eigenvalue weighted by molar-refractivity contribution is -0.133. The molecule has 0 radical (unpaired) electrons. The molecule has 27 heavy (non-hydrogen) atoms. The van der Waals surface area contributed by atoms with Gasteiger partial charge in [0.2, 0.25) is 16.8 Å². The number of carbonyl (C=O) groups is 2. The van der Waals surface area contributed by atoms with Gasteiger partial charge < -0.3 is 14.4 Å². The lowest BCUT2D eigenvalue weighted by Crippen LogP contribution is -2.46. The molecule has 1 amide bonds. The number of likely N-dealkylation sites (N-methyl/N-ethyl adjacent to an activating group) is 1. The van der Waals surface area contributed by atoms with Gasteiger partial charge in [-0.3, -0.25) is 4.79 Å². The van der Waals surface area contributed by atoms with Crippen LogP contribution in [0.4, 0.5) is 0 Å². The second-order valence-electron chi connectivity index (χ2n) is 6.38. The summed E-state index contributed by atoms with van der Waals surface area (Å²) in [5, 5.41) is 8.45. The first-order chi connectivity index (χ1) is 12.8. The van der Waals surface area contributed by atoms with Crippen molar-refractivity contribution >= 4 is 21.9 Å². The van der Waals surface area contributed by atoms with Crippen molar-refractivity contribution in [2.75, 3.05) is 13.6 Å². The van der Waals surface area contributed by atoms with E-state index in [9.17, 15) is 18.0 Å². The Morgan fingerprint density at radius 1 is 1.22 bits per heavy atom. The minimum absolute atomic E-state index is 0.182. The molecule has 0 saturated carbocycles. The maximum absolute atomic E-state index is 12.8. The Morgan fingerprint density at radius 3 is 2.56 bits per heavy atom. The number of hydrogen-bond donors (Lipinski definition) is 1. The van der Waals surface area contributed by atoms with Crippen molar-refractivity contribution in [3.8, 4) is 0 Å². The molecule has 8 nitrogen and oxygen atoms in total. The van der Waals surface area contributed by atoms with Gasteiger partial charge in [0.25, 0.3) is 10.0 Å². The third-order valence-electron chi connectivity index (χ3n) is 4.48. The van der Waals surface area contributed by atoms with Gasteiger partial charge in [0.05, 0.1) is 0 Å². The number of sulfonamides is 1. The summed E-state index contributed by atoms with van der Waals surface area (Å²) in [5.41, 5.74) is 0.942. The Morgan fingerprint density at radius 2 is 1.93 bits per heavy atom. The highest BCUT2D eigenvalue weighted by Crippen LogP contribution is 2.28. The minimum atomic E-state index is -4.10. The summed E-state index contributed by atoms with van der Waals surface area (Å²) < 4.78 is 31.7. The summed E-state index contributed by atoms with van der Waals surface area (Å²) in [5.74, 6) is -2.12. The summed E-state index contributed by atoms with van der Waals surface area (Å²) in [6, 6.07) is 10.8. The highest BCUT2D eigenvalue weighted by molar-refractivity contribution is 7.89. The van der Waals surface area contributed by atoms with Crippen LogP contribution in [-0.2, 0) is 21.4 Å². The Balaban J connectivity index is 1.79. The smallest absolute Gasteiger partial charge is 0.371 e. The van der Waals surface area contributed by atoms with Crippen LogP contribution in [0, 0.1) is 0 Å². The van der Waals surface area contributed by atoms with Crippen molar-refractivity contribution in [1.82, 2.24) is 9.21 Å². The molecule has 2 aromatic rings. The Bertz CT molecular complexity index is 938. The molecule has 1 aliphatic rings. The molecule has 0 spiro atoms. The molecule has 0 aliphatic carbocycles. The summed E-state index contributed by atoms with van der Waals surface area (Å²) in [6.07, 6.45) is 0.949. The average molecular weight is 392 g/mol. The van der Waals surface area contributed by atoms with Crippen LogP contribution in [0.3, 0.4) is 0 Å². The number of benzene rings is 1. The number of nitrogens with zero attached hydrogens (tertiary/aromatic N) is 2. The van der Waals surface area contributed by atoms with Gasteiger partial charge in [-0.25, -0.2) is 13.2 Å². The number of carbonyl (C=O) groups excluding carboxylic acids is 1. The Hall–Kier alpha value is -2.65. The van der Waals surface area contributed by atoms with Crippen molar-refractivity contribution in [3.63, 3.8) is 0 Å². The fourth-order valence-corrected chi connectivity index (χ4v) is 4.72. The van der Waals surface area contributed by atoms with Crippen LogP contribution >= 0.6 is 0 Å². The van der Waals surface area contributed by atoms with Gasteiger partial charge in [0, 0.05) is 20.1 Å². The van der Waals surface area contributed by atoms with E-state index < -0.39 is 32.9 Å². The van der Waals surface area contributed by atoms with E-state index in [2.05, 4.69) is 0 Å². The highest BCUT2D eigenvalue weighted by Gasteiger charge is 2.42. The molecule has 1 atom stereocenters. The second kappa shape index (κ2) is 7.53. The van der Waals surface area contributed by atoms with Gasteiger partial charge in [-0.05, 0) is 30.5 Å². The van der Waals surface area contributed by atoms with Crippen molar-refractivity contribution in [3.05, 3.63) is 53.8 Å². The molecule has 2 heterocycles. The molecule has 1 aromatic heterocycles. The van der Waals surface area contributed by atoms with Crippen LogP contribution in [-0.4, -0.2) is 54.2 Å². The summed E-state index contributed by atoms with van der Waals surface area (Å²) >= 11 is 0. The van der Waals surface area contributed by atoms with Gasteiger partial charge in [-0.15, -0.1) is 0 Å². The van der Waals surface area contributed by atoms with E-state index in [0.717, 1.165) is 22.0 Å². The first-order valence-electron chi connectivity index (χ1n) is 8.44. The van der Waals surface area contributed by atoms with Crippen molar-refractivity contribution in [2.45, 2.75) is 30.5 Å². The topological polar surface area (TPSA) is 108 Å². The van der Waals surface area contributed by atoms with Gasteiger partial charge in [-0.2, -0.15) is 4.31 Å². The lowest BCUT2D eigenvalue weighted by Gasteiger charge is -2.26. The van der Waals surface area contributed by atoms with Crippen LogP contribution in [0.1, 0.15) is 29.0 Å². The van der Waals surface area contributed by atoms with E-state index in [4.69, 9.17) is 9.52 Å². The standard InChI is InChI=1S/C18H20N2O6S/c1-19(12-13-6-3-2-4-7-13)17(21)14-8-5-11-20(14)27(24,25)16-10-9-15(26-16)18(22)23/h2-4,6-7,9-10,14H,5,8,11-12H2,1H3,(H,22,23). The van der Waals surface area contributed by atoms with Gasteiger partial charge in [0.15, 0.2) is 0 Å². The van der Waals surface area contributed by atoms with Crippen LogP contribution in [0.5, 0.6) is 0 Å². The predicted molar refractivity (Wildman–Crippen MR) is 95.5 cm³/mol. The summed E-state index contributed by atoms with van der Waals surface area (Å²) in [7, 11) is -2.46. The third kappa shape index (κ3) is 3.88. The zero-order chi connectivity index (χ0) is 19.6. The lowest BCUT2D eigenvalue weighted by atomic mass is 10.1. The normalized spacial score (nSPS) is 17.7. The molecule has 1 aliphatic heterocycles. The zero-order valence-corrected chi connectivity index (χ0v) is 15.6. The molecule has 1 unspecified atom stereocenters. The molecular weight excluding hydrogens is 372 g/mol. The number of furan rings is 1. The van der Waals surface area contributed by atoms with E-state index in [1.165, 1.54) is 4.90 Å². The number of carboxylic acids is 1. The Labute approximate surface area is 157 Å². The van der Waals surface area contributed by atoms with E-state index in [-0.39, 0.29) is 12.5 Å². The van der Waals surface area contributed by atoms with Crippen LogP contribution in [0.2, 0.25) is 0 Å². The van der Waals surface area contributed by atoms with Crippen molar-refractivity contribution in [2.24, 2.45) is 0 Å². The molecule has 1 saturated heterocycles. The maximum atomic E-state index is 12.8. The fraction of sp³-hybridized carbons (Fsp3) is 0.333. The molecule has 3 rings (SSSR count). The van der Waals surface area contributed by atoms with Gasteiger partial charge >= 0.3 is 5.97 Å². The molecule has 1 N–H and O–H groups in total. The quantitative estimate of drug-likeness (QED) is 0.803. The highest BCUT2D eigenvalue weighted by atomic mass is 32.2. The van der Waals surface area contributed by atoms with Gasteiger partial charge in [-0.1, -0.05) is 30.3 Å². The average Bonchev–Trinajstić information content (AvgIpc) is 3.32. The predicted octanol–water partition coefficient (Wildman–Crippen LogP) is 1.79. The first kappa shape index (κ1) is 19.1. The molecule has 144 valence electrons. The summed E-state index contributed by atoms with van der Waals surface area (Å²) in [6.45, 7) is 0.551. The van der Waals surface area contributed by atoms with E-state index in [0.29, 0.717) is 19.4 Å². The third-order valence-corrected chi connectivity index (χ3v) is 6.27. The monoisotopic (exact) mass is 392 g/mol. The second-order valence-corrected chi connectivity index (χ2v) is 8.20. The molecular formula is C18H20N2O6S. The van der Waals surface area contributed by atoms with Crippen molar-refractivity contribution in [1.29, 1.82) is 0 Å². The van der Waals surface area contributed by atoms with E-state index >= 15 is 0 Å². The van der Waals surface area contributed by atoms with E-state index in [1.54, 1.807) is 7.05 Å². The van der Waals surface area contributed by atoms with Crippen molar-refractivity contribution < 1.29 is 27.5 Å². The largest absolute Gasteiger partial charge is 0.475 e. The maximum Gasteiger partial charge on any atom is 0.371 e. The molecule has 1 aromatic carbocycles. The number of aromatic carboxylic acids is 1. The fourth-order valence-electron chi connectivity index (χ4n) is 3.15. The number of carboxylic acid groups (broad SMARTS) is 1. The van der Waals surface area contributed by atoms with Crippen LogP contribution in [0.15, 0.2) is 52.0 Å². The number of rotatable bonds is 6. The van der Waals surface area contributed by atoms with E-state index in [1.807, 2.05) is 30.3 Å². The van der Waals surface area contributed by atoms with Gasteiger partial charge in [0.1, 0.15) is 6.04 Å². The van der Waals surface area contributed by atoms with Crippen LogP contribution < -0.4 is 0 Å². The van der Waals surface area contributed by atoms with Crippen LogP contribution in [0.25, 0.3) is 0 Å². The number of hydrogen-bond acceptors (Lipinski definition) is 5. The molecule has 9 heteroatoms. The summed E-state index contributed by atoms with van der Waals surface area (Å²) in [4.78, 5) is 25.3. The SMILES string of the molecule is CN(Cc1ccccc1)C(=O)C1CCCN1S(=O)(=O)c1ccc(C(=O)O)o1. The molecule has 1 fully saturated rings. The zero-order valence-electron chi connectivity index (χ0n) is 14.7.